The van der Waals surface area contributed by atoms with Crippen molar-refractivity contribution in [3.63, 3.8) is 0 Å². The number of nitriles is 3. The number of nitrogens with one attached hydrogen (secondary N) is 1. The largest absolute Gasteiger partial charge is 0.463 e. The Morgan fingerprint density at radius 1 is 1.27 bits per heavy atom. The first-order valence-corrected chi connectivity index (χ1v) is 7.82. The van der Waals surface area contributed by atoms with Gasteiger partial charge in [0, 0.05) is 5.70 Å². The second-order valence-corrected chi connectivity index (χ2v) is 5.50. The summed E-state index contributed by atoms with van der Waals surface area (Å²) < 4.78 is 18.4. The van der Waals surface area contributed by atoms with Gasteiger partial charge in [-0.05, 0) is 31.5 Å². The van der Waals surface area contributed by atoms with Crippen molar-refractivity contribution in [2.24, 2.45) is 5.92 Å². The Morgan fingerprint density at radius 3 is 2.38 bits per heavy atom. The van der Waals surface area contributed by atoms with Crippen LogP contribution in [0.3, 0.4) is 0 Å². The normalized spacial score (nSPS) is 16.4. The van der Waals surface area contributed by atoms with Crippen LogP contribution in [0.2, 0.25) is 0 Å². The minimum Gasteiger partial charge on any atom is -0.463 e. The molecular weight excluding hydrogens is 335 g/mol. The monoisotopic (exact) mass is 350 g/mol. The molecule has 1 aromatic carbocycles. The summed E-state index contributed by atoms with van der Waals surface area (Å²) in [5.41, 5.74) is 1.23. The number of dihydropyridines is 1. The minimum absolute atomic E-state index is 0.0540. The van der Waals surface area contributed by atoms with Gasteiger partial charge < -0.3 is 10.1 Å². The molecule has 0 fully saturated rings. The molecule has 0 spiro atoms. The van der Waals surface area contributed by atoms with E-state index >= 15 is 0 Å². The summed E-state index contributed by atoms with van der Waals surface area (Å²) >= 11 is 0. The predicted octanol–water partition coefficient (Wildman–Crippen LogP) is 2.79. The second-order valence-electron chi connectivity index (χ2n) is 5.50. The summed E-state index contributed by atoms with van der Waals surface area (Å²) in [5, 5.41) is 31.0. The third kappa shape index (κ3) is 3.41. The van der Waals surface area contributed by atoms with Crippen LogP contribution >= 0.6 is 0 Å². The highest BCUT2D eigenvalue weighted by Gasteiger charge is 2.37. The topological polar surface area (TPSA) is 110 Å². The lowest BCUT2D eigenvalue weighted by Crippen LogP contribution is -2.32. The molecule has 6 nitrogen and oxygen atoms in total. The zero-order chi connectivity index (χ0) is 19.3. The van der Waals surface area contributed by atoms with Crippen molar-refractivity contribution in [1.29, 1.82) is 15.8 Å². The summed E-state index contributed by atoms with van der Waals surface area (Å²) in [4.78, 5) is 12.5. The Hall–Kier alpha value is -3.63. The fraction of sp³-hybridized carbons (Fsp3) is 0.263. The Balaban J connectivity index is 2.72. The number of hydrogen-bond acceptors (Lipinski definition) is 6. The molecule has 1 aliphatic heterocycles. The molecule has 0 aromatic heterocycles. The molecule has 1 heterocycles. The predicted molar refractivity (Wildman–Crippen MR) is 89.0 cm³/mol. The van der Waals surface area contributed by atoms with E-state index in [0.717, 1.165) is 0 Å². The number of esters is 1. The molecule has 26 heavy (non-hydrogen) atoms. The second kappa shape index (κ2) is 7.96. The van der Waals surface area contributed by atoms with E-state index in [2.05, 4.69) is 5.32 Å². The van der Waals surface area contributed by atoms with Gasteiger partial charge in [0.1, 0.15) is 5.82 Å². The average Bonchev–Trinajstić information content (AvgIpc) is 2.63. The van der Waals surface area contributed by atoms with Crippen molar-refractivity contribution in [2.45, 2.75) is 19.8 Å². The molecule has 1 aliphatic rings. The van der Waals surface area contributed by atoms with E-state index in [1.807, 2.05) is 18.2 Å². The minimum atomic E-state index is -1.20. The van der Waals surface area contributed by atoms with Crippen LogP contribution in [0.5, 0.6) is 0 Å². The van der Waals surface area contributed by atoms with Crippen molar-refractivity contribution in [3.8, 4) is 18.2 Å². The molecule has 1 aromatic rings. The van der Waals surface area contributed by atoms with Crippen LogP contribution in [0, 0.1) is 45.7 Å². The van der Waals surface area contributed by atoms with Crippen LogP contribution in [0.25, 0.3) is 0 Å². The van der Waals surface area contributed by atoms with Crippen LogP contribution in [0.1, 0.15) is 25.3 Å². The molecular formula is C19H15FN4O2. The van der Waals surface area contributed by atoms with Crippen molar-refractivity contribution < 1.29 is 13.9 Å². The van der Waals surface area contributed by atoms with E-state index in [0.29, 0.717) is 11.3 Å². The van der Waals surface area contributed by atoms with Crippen molar-refractivity contribution in [2.75, 3.05) is 6.61 Å². The van der Waals surface area contributed by atoms with Gasteiger partial charge >= 0.3 is 5.97 Å². The first kappa shape index (κ1) is 18.7. The number of halogens is 1. The van der Waals surface area contributed by atoms with E-state index in [1.165, 1.54) is 24.3 Å². The van der Waals surface area contributed by atoms with Gasteiger partial charge in [-0.3, -0.25) is 0 Å². The average molecular weight is 350 g/mol. The number of carbonyl (C=O) groups excluding carboxylic acids is 1. The van der Waals surface area contributed by atoms with Crippen molar-refractivity contribution in [1.82, 2.24) is 5.32 Å². The van der Waals surface area contributed by atoms with Gasteiger partial charge in [-0.2, -0.15) is 15.8 Å². The molecule has 0 bridgehead atoms. The summed E-state index contributed by atoms with van der Waals surface area (Å²) in [6.45, 7) is 3.40. The lowest BCUT2D eigenvalue weighted by Gasteiger charge is -2.30. The lowest BCUT2D eigenvalue weighted by molar-refractivity contribution is -0.138. The third-order valence-electron chi connectivity index (χ3n) is 3.96. The van der Waals surface area contributed by atoms with Gasteiger partial charge in [0.15, 0.2) is 5.92 Å². The number of benzene rings is 1. The van der Waals surface area contributed by atoms with Gasteiger partial charge in [-0.25, -0.2) is 9.18 Å². The molecule has 1 N–H and O–H groups in total. The highest BCUT2D eigenvalue weighted by atomic mass is 19.1. The van der Waals surface area contributed by atoms with Crippen LogP contribution in [-0.2, 0) is 9.53 Å². The maximum Gasteiger partial charge on any atom is 0.336 e. The first-order valence-electron chi connectivity index (χ1n) is 7.82. The molecule has 0 saturated carbocycles. The molecule has 0 saturated heterocycles. The van der Waals surface area contributed by atoms with Gasteiger partial charge in [0.05, 0.1) is 47.6 Å². The van der Waals surface area contributed by atoms with Gasteiger partial charge in [-0.15, -0.1) is 0 Å². The zero-order valence-electron chi connectivity index (χ0n) is 14.2. The van der Waals surface area contributed by atoms with Crippen LogP contribution in [0.4, 0.5) is 4.39 Å². The third-order valence-corrected chi connectivity index (χ3v) is 3.96. The van der Waals surface area contributed by atoms with Crippen molar-refractivity contribution in [3.05, 3.63) is 58.2 Å². The van der Waals surface area contributed by atoms with Crippen molar-refractivity contribution >= 4 is 5.97 Å². The van der Waals surface area contributed by atoms with Crippen LogP contribution < -0.4 is 5.32 Å². The highest BCUT2D eigenvalue weighted by Crippen LogP contribution is 2.39. The Morgan fingerprint density at radius 2 is 1.88 bits per heavy atom. The molecule has 0 radical (unpaired) electrons. The number of nitrogens with zero attached hydrogens (tertiary/aromatic N) is 3. The summed E-state index contributed by atoms with van der Waals surface area (Å²) in [6.07, 6.45) is 0. The number of ether oxygens (including phenoxy) is 1. The molecule has 7 heteroatoms. The standard InChI is InChI=1S/C19H15FN4O2/c1-3-26-19(25)16-11(2)24-18(13(8-21)9-22)15(10-23)17(16)12-4-6-14(20)7-5-12/h4-7,13,17,24H,3H2,1-2H3/t17-/m1/s1. The number of allylic oxidation sites excluding steroid dienone is 3. The Kier molecular flexibility index (Phi) is 5.73. The Labute approximate surface area is 150 Å². The molecule has 0 amide bonds. The number of hydrogen-bond donors (Lipinski definition) is 1. The maximum atomic E-state index is 13.3. The SMILES string of the molecule is CCOC(=O)C1=C(C)NC(C(C#N)C#N)=C(C#N)[C@H]1c1ccc(F)cc1. The molecule has 0 unspecified atom stereocenters. The Bertz CT molecular complexity index is 897. The molecule has 0 aliphatic carbocycles. The lowest BCUT2D eigenvalue weighted by atomic mass is 9.79. The first-order chi connectivity index (χ1) is 12.5. The van der Waals surface area contributed by atoms with E-state index in [9.17, 15) is 25.0 Å². The summed E-state index contributed by atoms with van der Waals surface area (Å²) in [6, 6.07) is 11.0. The van der Waals surface area contributed by atoms with E-state index in [-0.39, 0.29) is 23.5 Å². The van der Waals surface area contributed by atoms with Gasteiger partial charge in [-0.1, -0.05) is 12.1 Å². The number of carbonyl (C=O) groups is 1. The summed E-state index contributed by atoms with van der Waals surface area (Å²) in [5.74, 6) is -3.15. The molecule has 130 valence electrons. The molecule has 2 rings (SSSR count). The molecule has 1 atom stereocenters. The van der Waals surface area contributed by atoms with E-state index in [4.69, 9.17) is 4.74 Å². The van der Waals surface area contributed by atoms with Crippen LogP contribution in [-0.4, -0.2) is 12.6 Å². The van der Waals surface area contributed by atoms with Gasteiger partial charge in [0.2, 0.25) is 0 Å². The fourth-order valence-electron chi connectivity index (χ4n) is 2.83. The van der Waals surface area contributed by atoms with Crippen LogP contribution in [0.15, 0.2) is 46.8 Å². The van der Waals surface area contributed by atoms with E-state index in [1.54, 1.807) is 13.8 Å². The fourth-order valence-corrected chi connectivity index (χ4v) is 2.83. The maximum absolute atomic E-state index is 13.3. The quantitative estimate of drug-likeness (QED) is 0.836. The zero-order valence-corrected chi connectivity index (χ0v) is 14.2. The van der Waals surface area contributed by atoms with E-state index < -0.39 is 23.6 Å². The van der Waals surface area contributed by atoms with Gasteiger partial charge in [0.25, 0.3) is 0 Å². The highest BCUT2D eigenvalue weighted by molar-refractivity contribution is 5.93. The summed E-state index contributed by atoms with van der Waals surface area (Å²) in [7, 11) is 0. The number of rotatable bonds is 4. The smallest absolute Gasteiger partial charge is 0.336 e.